The van der Waals surface area contributed by atoms with Crippen LogP contribution in [0.3, 0.4) is 0 Å². The Morgan fingerprint density at radius 1 is 1.15 bits per heavy atom. The molecule has 1 atom stereocenters. The summed E-state index contributed by atoms with van der Waals surface area (Å²) in [4.78, 5) is 32.8. The summed E-state index contributed by atoms with van der Waals surface area (Å²) in [6.07, 6.45) is 1.77. The lowest BCUT2D eigenvalue weighted by Crippen LogP contribution is -2.40. The number of carbonyl (C=O) groups excluding carboxylic acids is 1. The van der Waals surface area contributed by atoms with Gasteiger partial charge in [0.1, 0.15) is 17.5 Å². The van der Waals surface area contributed by atoms with Gasteiger partial charge in [-0.25, -0.2) is 9.79 Å². The maximum Gasteiger partial charge on any atom is 0.338 e. The molecule has 1 aliphatic rings. The summed E-state index contributed by atoms with van der Waals surface area (Å²) in [5, 5.41) is 1.83. The van der Waals surface area contributed by atoms with E-state index >= 15 is 0 Å². The maximum atomic E-state index is 14.2. The van der Waals surface area contributed by atoms with E-state index in [2.05, 4.69) is 15.9 Å². The molecule has 0 radical (unpaired) electrons. The number of nitrogens with zero attached hydrogens (tertiary/aromatic N) is 2. The molecule has 0 spiro atoms. The zero-order valence-electron chi connectivity index (χ0n) is 22.9. The summed E-state index contributed by atoms with van der Waals surface area (Å²) < 4.78 is 20.2. The van der Waals surface area contributed by atoms with E-state index in [0.717, 1.165) is 20.8 Å². The normalized spacial score (nSPS) is 15.3. The van der Waals surface area contributed by atoms with Crippen molar-refractivity contribution in [3.63, 3.8) is 0 Å². The first kappa shape index (κ1) is 27.9. The lowest BCUT2D eigenvalue weighted by atomic mass is 9.90. The van der Waals surface area contributed by atoms with Crippen LogP contribution in [0, 0.1) is 0 Å². The van der Waals surface area contributed by atoms with Gasteiger partial charge in [0.05, 0.1) is 35.6 Å². The van der Waals surface area contributed by atoms with Crippen LogP contribution >= 0.6 is 27.3 Å². The fourth-order valence-electron chi connectivity index (χ4n) is 4.93. The molecule has 5 rings (SSSR count). The van der Waals surface area contributed by atoms with Crippen LogP contribution in [0.4, 0.5) is 0 Å². The van der Waals surface area contributed by atoms with E-state index in [1.807, 2.05) is 74.5 Å². The summed E-state index contributed by atoms with van der Waals surface area (Å²) in [7, 11) is 1.58. The molecule has 0 unspecified atom stereocenters. The standard InChI is InChI=1S/C31H29BrN2O5S/c1-6-38-30(36)26-18(4)33-31-34(28(26)27-22-10-8-7-9-19(22)11-13-24(27)37-5)29(35)25(40-31)16-20-15-21(32)12-14-23(20)39-17(2)3/h7-17,28H,6H2,1-5H3/b25-16+/t28-/m1/s1. The number of ether oxygens (including phenoxy) is 3. The van der Waals surface area contributed by atoms with Crippen molar-refractivity contribution < 1.29 is 19.0 Å². The zero-order chi connectivity index (χ0) is 28.6. The molecular formula is C31H29BrN2O5S. The Bertz CT molecular complexity index is 1840. The smallest absolute Gasteiger partial charge is 0.338 e. The Labute approximate surface area is 244 Å². The Morgan fingerprint density at radius 2 is 1.90 bits per heavy atom. The van der Waals surface area contributed by atoms with Crippen molar-refractivity contribution in [2.24, 2.45) is 4.99 Å². The van der Waals surface area contributed by atoms with Gasteiger partial charge < -0.3 is 14.2 Å². The molecule has 0 saturated carbocycles. The van der Waals surface area contributed by atoms with E-state index in [4.69, 9.17) is 19.2 Å². The van der Waals surface area contributed by atoms with Gasteiger partial charge in [0.2, 0.25) is 0 Å². The quantitative estimate of drug-likeness (QED) is 0.255. The number of hydrogen-bond donors (Lipinski definition) is 0. The Balaban J connectivity index is 1.83. The third kappa shape index (κ3) is 5.11. The van der Waals surface area contributed by atoms with Crippen LogP contribution in [0.2, 0.25) is 0 Å². The molecule has 0 N–H and O–H groups in total. The van der Waals surface area contributed by atoms with Gasteiger partial charge in [-0.05, 0) is 68.8 Å². The molecule has 7 nitrogen and oxygen atoms in total. The first-order chi connectivity index (χ1) is 19.2. The highest BCUT2D eigenvalue weighted by molar-refractivity contribution is 9.10. The highest BCUT2D eigenvalue weighted by Crippen LogP contribution is 2.40. The SMILES string of the molecule is CCOC(=O)C1=C(C)N=c2s/c(=C/c3cc(Br)ccc3OC(C)C)c(=O)n2[C@H]1c1c(OC)ccc2ccccc12. The average molecular weight is 622 g/mol. The van der Waals surface area contributed by atoms with Crippen molar-refractivity contribution in [1.82, 2.24) is 4.57 Å². The average Bonchev–Trinajstić information content (AvgIpc) is 3.22. The molecule has 0 amide bonds. The molecule has 1 aromatic heterocycles. The summed E-state index contributed by atoms with van der Waals surface area (Å²) >= 11 is 4.80. The number of allylic oxidation sites excluding steroid dienone is 1. The summed E-state index contributed by atoms with van der Waals surface area (Å²) in [6, 6.07) is 16.6. The van der Waals surface area contributed by atoms with Gasteiger partial charge in [0, 0.05) is 15.6 Å². The van der Waals surface area contributed by atoms with Crippen LogP contribution in [0.15, 0.2) is 80.1 Å². The van der Waals surface area contributed by atoms with Crippen LogP contribution in [0.25, 0.3) is 16.8 Å². The molecular weight excluding hydrogens is 592 g/mol. The topological polar surface area (TPSA) is 79.1 Å². The minimum atomic E-state index is -0.799. The third-order valence-corrected chi connectivity index (χ3v) is 8.04. The predicted octanol–water partition coefficient (Wildman–Crippen LogP) is 5.51. The van der Waals surface area contributed by atoms with E-state index in [1.54, 1.807) is 25.5 Å². The number of methoxy groups -OCH3 is 1. The van der Waals surface area contributed by atoms with Crippen LogP contribution < -0.4 is 24.4 Å². The van der Waals surface area contributed by atoms with Gasteiger partial charge in [-0.1, -0.05) is 57.6 Å². The summed E-state index contributed by atoms with van der Waals surface area (Å²) in [6.45, 7) is 7.64. The molecule has 206 valence electrons. The van der Waals surface area contributed by atoms with E-state index < -0.39 is 12.0 Å². The number of benzene rings is 3. The molecule has 40 heavy (non-hydrogen) atoms. The molecule has 0 aliphatic carbocycles. The predicted molar refractivity (Wildman–Crippen MR) is 161 cm³/mol. The van der Waals surface area contributed by atoms with Crippen LogP contribution in [0.1, 0.15) is 44.9 Å². The molecule has 4 aromatic rings. The molecule has 1 aliphatic heterocycles. The number of aromatic nitrogens is 1. The lowest BCUT2D eigenvalue weighted by Gasteiger charge is -2.27. The van der Waals surface area contributed by atoms with E-state index in [0.29, 0.717) is 37.7 Å². The highest BCUT2D eigenvalue weighted by Gasteiger charge is 2.36. The van der Waals surface area contributed by atoms with Crippen molar-refractivity contribution in [1.29, 1.82) is 0 Å². The van der Waals surface area contributed by atoms with Gasteiger partial charge in [-0.15, -0.1) is 0 Å². The number of halogens is 1. The van der Waals surface area contributed by atoms with Crippen molar-refractivity contribution in [3.8, 4) is 11.5 Å². The molecule has 0 saturated heterocycles. The van der Waals surface area contributed by atoms with Crippen LogP contribution in [0.5, 0.6) is 11.5 Å². The molecule has 3 aromatic carbocycles. The minimum Gasteiger partial charge on any atom is -0.496 e. The third-order valence-electron chi connectivity index (χ3n) is 6.56. The van der Waals surface area contributed by atoms with Gasteiger partial charge in [-0.3, -0.25) is 9.36 Å². The highest BCUT2D eigenvalue weighted by atomic mass is 79.9. The second kappa shape index (κ2) is 11.4. The fraction of sp³-hybridized carbons (Fsp3) is 0.258. The Morgan fingerprint density at radius 3 is 2.62 bits per heavy atom. The fourth-order valence-corrected chi connectivity index (χ4v) is 6.35. The molecule has 0 fully saturated rings. The Kier molecular flexibility index (Phi) is 7.96. The maximum absolute atomic E-state index is 14.2. The first-order valence-electron chi connectivity index (χ1n) is 12.9. The molecule has 9 heteroatoms. The second-order valence-corrected chi connectivity index (χ2v) is 11.5. The number of rotatable bonds is 7. The van der Waals surface area contributed by atoms with Crippen LogP contribution in [-0.4, -0.2) is 30.4 Å². The summed E-state index contributed by atoms with van der Waals surface area (Å²) in [5.74, 6) is 0.715. The van der Waals surface area contributed by atoms with Crippen molar-refractivity contribution in [2.75, 3.05) is 13.7 Å². The van der Waals surface area contributed by atoms with Crippen LogP contribution in [-0.2, 0) is 9.53 Å². The first-order valence-corrected chi connectivity index (χ1v) is 14.6. The van der Waals surface area contributed by atoms with E-state index in [1.165, 1.54) is 11.3 Å². The number of carbonyl (C=O) groups is 1. The van der Waals surface area contributed by atoms with Gasteiger partial charge in [0.25, 0.3) is 5.56 Å². The lowest BCUT2D eigenvalue weighted by molar-refractivity contribution is -0.139. The number of fused-ring (bicyclic) bond motifs is 2. The number of esters is 1. The van der Waals surface area contributed by atoms with Gasteiger partial charge in [0.15, 0.2) is 4.80 Å². The second-order valence-electron chi connectivity index (χ2n) is 9.55. The van der Waals surface area contributed by atoms with E-state index in [-0.39, 0.29) is 18.3 Å². The molecule has 0 bridgehead atoms. The number of thiazole rings is 1. The summed E-state index contributed by atoms with van der Waals surface area (Å²) in [5.41, 5.74) is 2.00. The van der Waals surface area contributed by atoms with Crippen molar-refractivity contribution >= 4 is 50.1 Å². The van der Waals surface area contributed by atoms with E-state index in [9.17, 15) is 9.59 Å². The monoisotopic (exact) mass is 620 g/mol. The largest absolute Gasteiger partial charge is 0.496 e. The van der Waals surface area contributed by atoms with Crippen molar-refractivity contribution in [3.05, 3.63) is 101 Å². The Hall–Kier alpha value is -3.69. The molecule has 2 heterocycles. The van der Waals surface area contributed by atoms with Gasteiger partial charge in [-0.2, -0.15) is 0 Å². The zero-order valence-corrected chi connectivity index (χ0v) is 25.3. The number of hydrogen-bond acceptors (Lipinski definition) is 7. The minimum absolute atomic E-state index is 0.0387. The van der Waals surface area contributed by atoms with Gasteiger partial charge >= 0.3 is 5.97 Å². The van der Waals surface area contributed by atoms with Crippen molar-refractivity contribution in [2.45, 2.75) is 39.8 Å².